The lowest BCUT2D eigenvalue weighted by Gasteiger charge is -2.27. The molecule has 0 N–H and O–H groups in total. The molecular formula is C15H34O5Si3. The number of hydrogen-bond acceptors (Lipinski definition) is 5. The van der Waals surface area contributed by atoms with Gasteiger partial charge < -0.3 is 13.3 Å². The molecule has 0 radical (unpaired) electrons. The Labute approximate surface area is 144 Å². The van der Waals surface area contributed by atoms with Gasteiger partial charge in [0.1, 0.15) is 0 Å². The highest BCUT2D eigenvalue weighted by Gasteiger charge is 2.28. The second-order valence-electron chi connectivity index (χ2n) is 8.77. The molecule has 0 aliphatic rings. The Hall–Kier alpha value is -0.449. The van der Waals surface area contributed by atoms with Crippen molar-refractivity contribution < 1.29 is 22.9 Å². The van der Waals surface area contributed by atoms with Gasteiger partial charge in [-0.3, -0.25) is 9.59 Å². The highest BCUT2D eigenvalue weighted by Crippen LogP contribution is 2.18. The van der Waals surface area contributed by atoms with Crippen LogP contribution in [0.25, 0.3) is 0 Å². The van der Waals surface area contributed by atoms with Crippen molar-refractivity contribution >= 4 is 36.9 Å². The van der Waals surface area contributed by atoms with Crippen LogP contribution in [0.2, 0.25) is 58.9 Å². The van der Waals surface area contributed by atoms with E-state index < -0.39 is 25.0 Å². The molecule has 0 saturated heterocycles. The Morgan fingerprint density at radius 2 is 1.17 bits per heavy atom. The predicted molar refractivity (Wildman–Crippen MR) is 101 cm³/mol. The summed E-state index contributed by atoms with van der Waals surface area (Å²) in [6, 6.07) is 0. The molecule has 5 nitrogen and oxygen atoms in total. The van der Waals surface area contributed by atoms with E-state index in [4.69, 9.17) is 13.3 Å². The maximum Gasteiger partial charge on any atom is 0.295 e. The molecule has 136 valence electrons. The third-order valence-electron chi connectivity index (χ3n) is 2.43. The molecule has 1 unspecified atom stereocenters. The number of hydrogen-bond donors (Lipinski definition) is 0. The number of carbonyl (C=O) groups excluding carboxylic acids is 2. The highest BCUT2D eigenvalue weighted by atomic mass is 28.4. The van der Waals surface area contributed by atoms with Gasteiger partial charge in [-0.25, -0.2) is 0 Å². The lowest BCUT2D eigenvalue weighted by atomic mass is 10.1. The monoisotopic (exact) mass is 378 g/mol. The van der Waals surface area contributed by atoms with Gasteiger partial charge in [0.05, 0.1) is 12.5 Å². The van der Waals surface area contributed by atoms with Crippen molar-refractivity contribution in [3.8, 4) is 0 Å². The summed E-state index contributed by atoms with van der Waals surface area (Å²) in [4.78, 5) is 24.0. The molecule has 0 aromatic heterocycles. The van der Waals surface area contributed by atoms with Gasteiger partial charge in [-0.15, -0.1) is 0 Å². The number of rotatable bonds is 9. The third kappa shape index (κ3) is 14.9. The summed E-state index contributed by atoms with van der Waals surface area (Å²) in [6.45, 7) is 18.1. The number of carbonyl (C=O) groups is 2. The van der Waals surface area contributed by atoms with Gasteiger partial charge in [0, 0.05) is 6.42 Å². The zero-order chi connectivity index (χ0) is 18.5. The van der Waals surface area contributed by atoms with Crippen molar-refractivity contribution in [2.24, 2.45) is 0 Å². The minimum atomic E-state index is -1.90. The lowest BCUT2D eigenvalue weighted by Crippen LogP contribution is -2.37. The van der Waals surface area contributed by atoms with Crippen LogP contribution < -0.4 is 0 Å². The van der Waals surface area contributed by atoms with Crippen molar-refractivity contribution in [2.45, 2.75) is 84.3 Å². The predicted octanol–water partition coefficient (Wildman–Crippen LogP) is 4.13. The summed E-state index contributed by atoms with van der Waals surface area (Å²) in [5, 5.41) is 0. The van der Waals surface area contributed by atoms with E-state index in [1.54, 1.807) is 0 Å². The Morgan fingerprint density at radius 3 is 1.57 bits per heavy atom. The van der Waals surface area contributed by atoms with Crippen LogP contribution in [0.15, 0.2) is 0 Å². The Morgan fingerprint density at radius 1 is 0.739 bits per heavy atom. The first kappa shape index (κ1) is 22.6. The maximum atomic E-state index is 12.1. The first-order chi connectivity index (χ1) is 10.1. The summed E-state index contributed by atoms with van der Waals surface area (Å²) < 4.78 is 17.0. The van der Waals surface area contributed by atoms with Crippen LogP contribution in [0.3, 0.4) is 0 Å². The van der Waals surface area contributed by atoms with Crippen molar-refractivity contribution in [3.63, 3.8) is 0 Å². The maximum absolute atomic E-state index is 12.1. The molecule has 0 aromatic rings. The first-order valence-corrected chi connectivity index (χ1v) is 18.4. The van der Waals surface area contributed by atoms with E-state index in [1.165, 1.54) is 0 Å². The van der Waals surface area contributed by atoms with Crippen molar-refractivity contribution in [1.29, 1.82) is 0 Å². The smallest absolute Gasteiger partial charge is 0.295 e. The summed E-state index contributed by atoms with van der Waals surface area (Å²) in [7, 11) is -5.58. The summed E-state index contributed by atoms with van der Waals surface area (Å²) in [6.07, 6.45) is 0.697. The van der Waals surface area contributed by atoms with E-state index in [0.29, 0.717) is 6.42 Å². The SMILES string of the molecule is C[Si](C)(C)OC(=O)CCC(CC(=O)O[Si](C)(C)C)O[Si](C)(C)C. The fraction of sp³-hybridized carbons (Fsp3) is 0.867. The van der Waals surface area contributed by atoms with E-state index in [0.717, 1.165) is 0 Å². The Bertz CT molecular complexity index is 405. The highest BCUT2D eigenvalue weighted by molar-refractivity contribution is 6.71. The fourth-order valence-corrected chi connectivity index (χ4v) is 4.70. The molecule has 23 heavy (non-hydrogen) atoms. The Balaban J connectivity index is 4.64. The zero-order valence-corrected chi connectivity index (χ0v) is 19.2. The standard InChI is InChI=1S/C15H34O5Si3/c1-21(2,3)18-13(12-15(17)20-23(7,8)9)10-11-14(16)19-22(4,5)6/h13H,10-12H2,1-9H3. The molecular weight excluding hydrogens is 344 g/mol. The summed E-state index contributed by atoms with van der Waals surface area (Å²) in [5.74, 6) is -0.433. The third-order valence-corrected chi connectivity index (χ3v) is 5.15. The fourth-order valence-electron chi connectivity index (χ4n) is 1.94. The molecule has 0 amide bonds. The molecule has 0 saturated carbocycles. The van der Waals surface area contributed by atoms with Crippen LogP contribution in [-0.4, -0.2) is 43.0 Å². The molecule has 1 atom stereocenters. The van der Waals surface area contributed by atoms with Gasteiger partial charge in [0.15, 0.2) is 8.32 Å². The molecule has 0 aliphatic carbocycles. The van der Waals surface area contributed by atoms with Crippen molar-refractivity contribution in [3.05, 3.63) is 0 Å². The van der Waals surface area contributed by atoms with Crippen LogP contribution in [0, 0.1) is 0 Å². The molecule has 0 rings (SSSR count). The van der Waals surface area contributed by atoms with Gasteiger partial charge in [0.2, 0.25) is 16.6 Å². The average Bonchev–Trinajstić information content (AvgIpc) is 2.18. The normalized spacial score (nSPS) is 14.3. The van der Waals surface area contributed by atoms with Gasteiger partial charge >= 0.3 is 0 Å². The minimum Gasteiger partial charge on any atom is -0.520 e. The van der Waals surface area contributed by atoms with Gasteiger partial charge in [-0.2, -0.15) is 0 Å². The molecule has 8 heteroatoms. The molecule has 0 fully saturated rings. The molecule has 0 bridgehead atoms. The Kier molecular flexibility index (Phi) is 8.42. The largest absolute Gasteiger partial charge is 0.520 e. The van der Waals surface area contributed by atoms with E-state index in [9.17, 15) is 9.59 Å². The minimum absolute atomic E-state index is 0.202. The van der Waals surface area contributed by atoms with E-state index in [-0.39, 0.29) is 30.9 Å². The average molecular weight is 379 g/mol. The molecule has 0 aromatic carbocycles. The van der Waals surface area contributed by atoms with Crippen LogP contribution in [0.1, 0.15) is 19.3 Å². The van der Waals surface area contributed by atoms with Crippen molar-refractivity contribution in [2.75, 3.05) is 0 Å². The van der Waals surface area contributed by atoms with E-state index in [2.05, 4.69) is 19.6 Å². The molecule has 0 aliphatic heterocycles. The van der Waals surface area contributed by atoms with Gasteiger partial charge in [0.25, 0.3) is 11.9 Å². The molecule has 0 heterocycles. The summed E-state index contributed by atoms with van der Waals surface area (Å²) in [5.41, 5.74) is 0. The van der Waals surface area contributed by atoms with Crippen LogP contribution in [0.4, 0.5) is 0 Å². The second-order valence-corrected chi connectivity index (χ2v) is 22.1. The first-order valence-electron chi connectivity index (χ1n) is 8.19. The van der Waals surface area contributed by atoms with Gasteiger partial charge in [-0.1, -0.05) is 0 Å². The van der Waals surface area contributed by atoms with Crippen molar-refractivity contribution in [1.82, 2.24) is 0 Å². The van der Waals surface area contributed by atoms with E-state index in [1.807, 2.05) is 39.3 Å². The molecule has 0 spiro atoms. The summed E-state index contributed by atoms with van der Waals surface area (Å²) >= 11 is 0. The lowest BCUT2D eigenvalue weighted by molar-refractivity contribution is -0.139. The quantitative estimate of drug-likeness (QED) is 0.564. The topological polar surface area (TPSA) is 61.8 Å². The van der Waals surface area contributed by atoms with Gasteiger partial charge in [-0.05, 0) is 65.3 Å². The second kappa shape index (κ2) is 8.59. The van der Waals surface area contributed by atoms with E-state index >= 15 is 0 Å². The zero-order valence-electron chi connectivity index (χ0n) is 16.2. The van der Waals surface area contributed by atoms with Crippen LogP contribution in [0.5, 0.6) is 0 Å². The van der Waals surface area contributed by atoms with Crippen LogP contribution >= 0.6 is 0 Å². The van der Waals surface area contributed by atoms with Crippen LogP contribution in [-0.2, 0) is 22.9 Å².